The Morgan fingerprint density at radius 3 is 2.67 bits per heavy atom. The Morgan fingerprint density at radius 2 is 1.94 bits per heavy atom. The number of carbonyl (C=O) groups excluding carboxylic acids is 1. The molecular weight excluding hydrogens is 423 g/mol. The largest absolute Gasteiger partial charge is 0.508 e. The standard InChI is InChI=1S/C25H27FN4O3/c1-15-12-30(13-16(2)29-15)14-17-6-19(8-21(31)7-17)18-4-3-5-22(9-18)33-25-23(24(27)32)10-20(26)11-28-25/h3-11,15-16,29,31H,12-14H2,1-2H3,(H2,27,32)/t15-,16+. The average molecular weight is 451 g/mol. The fourth-order valence-electron chi connectivity index (χ4n) is 4.29. The highest BCUT2D eigenvalue weighted by molar-refractivity contribution is 5.95. The zero-order chi connectivity index (χ0) is 23.5. The number of aromatic nitrogens is 1. The lowest BCUT2D eigenvalue weighted by molar-refractivity contribution is 0.0997. The molecule has 2 heterocycles. The number of pyridine rings is 1. The third-order valence-corrected chi connectivity index (χ3v) is 5.48. The SMILES string of the molecule is C[C@@H]1CN(Cc2cc(O)cc(-c3cccc(Oc4ncc(F)cc4C(N)=O)c3)c2)C[C@H](C)N1. The number of ether oxygens (including phenoxy) is 1. The van der Waals surface area contributed by atoms with Gasteiger partial charge >= 0.3 is 0 Å². The topological polar surface area (TPSA) is 101 Å². The summed E-state index contributed by atoms with van der Waals surface area (Å²) in [5.74, 6) is -0.989. The molecule has 7 nitrogen and oxygen atoms in total. The fraction of sp³-hybridized carbons (Fsp3) is 0.280. The highest BCUT2D eigenvalue weighted by Gasteiger charge is 2.21. The minimum atomic E-state index is -0.831. The van der Waals surface area contributed by atoms with Crippen molar-refractivity contribution < 1.29 is 19.0 Å². The molecule has 0 spiro atoms. The lowest BCUT2D eigenvalue weighted by Crippen LogP contribution is -2.53. The lowest BCUT2D eigenvalue weighted by atomic mass is 10.0. The van der Waals surface area contributed by atoms with Crippen molar-refractivity contribution in [1.82, 2.24) is 15.2 Å². The summed E-state index contributed by atoms with van der Waals surface area (Å²) in [4.78, 5) is 17.9. The van der Waals surface area contributed by atoms with Gasteiger partial charge in [-0.15, -0.1) is 0 Å². The van der Waals surface area contributed by atoms with Crippen LogP contribution in [0.4, 0.5) is 4.39 Å². The Hall–Kier alpha value is -3.49. The van der Waals surface area contributed by atoms with E-state index in [1.54, 1.807) is 30.3 Å². The van der Waals surface area contributed by atoms with Gasteiger partial charge in [-0.25, -0.2) is 9.37 Å². The summed E-state index contributed by atoms with van der Waals surface area (Å²) in [5, 5.41) is 13.9. The second-order valence-corrected chi connectivity index (χ2v) is 8.55. The van der Waals surface area contributed by atoms with Gasteiger partial charge in [0.25, 0.3) is 5.91 Å². The van der Waals surface area contributed by atoms with Gasteiger partial charge in [-0.3, -0.25) is 9.69 Å². The summed E-state index contributed by atoms with van der Waals surface area (Å²) in [5.41, 5.74) is 7.83. The third kappa shape index (κ3) is 5.66. The van der Waals surface area contributed by atoms with E-state index in [2.05, 4.69) is 29.0 Å². The van der Waals surface area contributed by atoms with Crippen LogP contribution in [0, 0.1) is 5.82 Å². The van der Waals surface area contributed by atoms with Gasteiger partial charge in [0, 0.05) is 31.7 Å². The van der Waals surface area contributed by atoms with E-state index in [9.17, 15) is 14.3 Å². The van der Waals surface area contributed by atoms with Crippen LogP contribution in [0.1, 0.15) is 29.8 Å². The summed E-state index contributed by atoms with van der Waals surface area (Å²) in [6, 6.07) is 14.5. The van der Waals surface area contributed by atoms with Crippen molar-refractivity contribution in [2.24, 2.45) is 5.73 Å². The van der Waals surface area contributed by atoms with Crippen molar-refractivity contribution in [2.45, 2.75) is 32.5 Å². The molecule has 1 fully saturated rings. The number of rotatable bonds is 6. The Balaban J connectivity index is 1.58. The number of benzene rings is 2. The number of nitrogens with two attached hydrogens (primary N) is 1. The Bertz CT molecular complexity index is 1160. The van der Waals surface area contributed by atoms with Gasteiger partial charge in [0.2, 0.25) is 5.88 Å². The molecule has 33 heavy (non-hydrogen) atoms. The molecule has 0 bridgehead atoms. The van der Waals surface area contributed by atoms with E-state index in [1.165, 1.54) is 0 Å². The predicted octanol–water partition coefficient (Wildman–Crippen LogP) is 3.67. The van der Waals surface area contributed by atoms with Gasteiger partial charge in [0.1, 0.15) is 22.9 Å². The van der Waals surface area contributed by atoms with Crippen LogP contribution in [-0.2, 0) is 6.54 Å². The maximum absolute atomic E-state index is 13.5. The Labute approximate surface area is 192 Å². The molecule has 3 aromatic rings. The molecule has 172 valence electrons. The van der Waals surface area contributed by atoms with E-state index in [1.807, 2.05) is 12.1 Å². The predicted molar refractivity (Wildman–Crippen MR) is 124 cm³/mol. The van der Waals surface area contributed by atoms with Gasteiger partial charge in [0.05, 0.1) is 6.20 Å². The van der Waals surface area contributed by atoms with Gasteiger partial charge in [-0.2, -0.15) is 0 Å². The Morgan fingerprint density at radius 1 is 1.18 bits per heavy atom. The molecule has 0 saturated carbocycles. The maximum atomic E-state index is 13.5. The quantitative estimate of drug-likeness (QED) is 0.530. The molecular formula is C25H27FN4O3. The molecule has 1 aliphatic heterocycles. The first-order chi connectivity index (χ1) is 15.8. The molecule has 1 saturated heterocycles. The van der Waals surface area contributed by atoms with Crippen molar-refractivity contribution in [2.75, 3.05) is 13.1 Å². The number of halogens is 1. The lowest BCUT2D eigenvalue weighted by Gasteiger charge is -2.36. The molecule has 4 N–H and O–H groups in total. The highest BCUT2D eigenvalue weighted by Crippen LogP contribution is 2.31. The number of primary amides is 1. The van der Waals surface area contributed by atoms with E-state index >= 15 is 0 Å². The normalized spacial score (nSPS) is 18.8. The van der Waals surface area contributed by atoms with Gasteiger partial charge in [-0.05, 0) is 66.9 Å². The van der Waals surface area contributed by atoms with Crippen LogP contribution in [0.2, 0.25) is 0 Å². The van der Waals surface area contributed by atoms with E-state index < -0.39 is 11.7 Å². The highest BCUT2D eigenvalue weighted by atomic mass is 19.1. The van der Waals surface area contributed by atoms with Crippen LogP contribution in [-0.4, -0.2) is 46.1 Å². The molecule has 1 aliphatic rings. The number of nitrogens with zero attached hydrogens (tertiary/aromatic N) is 2. The average Bonchev–Trinajstić information content (AvgIpc) is 2.74. The summed E-state index contributed by atoms with van der Waals surface area (Å²) >= 11 is 0. The van der Waals surface area contributed by atoms with E-state index in [4.69, 9.17) is 10.5 Å². The summed E-state index contributed by atoms with van der Waals surface area (Å²) in [6.07, 6.45) is 0.963. The van der Waals surface area contributed by atoms with Crippen molar-refractivity contribution in [1.29, 1.82) is 0 Å². The van der Waals surface area contributed by atoms with Gasteiger partial charge in [0.15, 0.2) is 0 Å². The number of hydrogen-bond acceptors (Lipinski definition) is 6. The van der Waals surface area contributed by atoms with Crippen molar-refractivity contribution >= 4 is 5.91 Å². The van der Waals surface area contributed by atoms with Crippen LogP contribution in [0.3, 0.4) is 0 Å². The molecule has 1 amide bonds. The van der Waals surface area contributed by atoms with Crippen molar-refractivity contribution in [3.8, 4) is 28.5 Å². The zero-order valence-corrected chi connectivity index (χ0v) is 18.6. The second-order valence-electron chi connectivity index (χ2n) is 8.55. The van der Waals surface area contributed by atoms with Crippen molar-refractivity contribution in [3.63, 3.8) is 0 Å². The second kappa shape index (κ2) is 9.56. The minimum Gasteiger partial charge on any atom is -0.508 e. The fourth-order valence-corrected chi connectivity index (χ4v) is 4.29. The monoisotopic (exact) mass is 450 g/mol. The number of phenolic OH excluding ortho intramolecular Hbond substituents is 1. The number of nitrogens with one attached hydrogen (secondary N) is 1. The third-order valence-electron chi connectivity index (χ3n) is 5.48. The number of piperazine rings is 1. The number of carbonyl (C=O) groups is 1. The van der Waals surface area contributed by atoms with Crippen LogP contribution in [0.25, 0.3) is 11.1 Å². The smallest absolute Gasteiger partial charge is 0.254 e. The Kier molecular flexibility index (Phi) is 6.57. The molecule has 4 rings (SSSR count). The number of amides is 1. The minimum absolute atomic E-state index is 0.0698. The summed E-state index contributed by atoms with van der Waals surface area (Å²) in [7, 11) is 0. The first kappa shape index (κ1) is 22.7. The molecule has 8 heteroatoms. The van der Waals surface area contributed by atoms with Crippen LogP contribution < -0.4 is 15.8 Å². The van der Waals surface area contributed by atoms with Gasteiger partial charge < -0.3 is 20.9 Å². The molecule has 0 aliphatic carbocycles. The zero-order valence-electron chi connectivity index (χ0n) is 18.6. The number of hydrogen-bond donors (Lipinski definition) is 3. The molecule has 0 unspecified atom stereocenters. The van der Waals surface area contributed by atoms with E-state index in [-0.39, 0.29) is 17.2 Å². The van der Waals surface area contributed by atoms with Gasteiger partial charge in [-0.1, -0.05) is 12.1 Å². The molecule has 0 radical (unpaired) electrons. The van der Waals surface area contributed by atoms with E-state index in [0.29, 0.717) is 17.8 Å². The first-order valence-electron chi connectivity index (χ1n) is 10.8. The van der Waals surface area contributed by atoms with Crippen LogP contribution in [0.5, 0.6) is 17.4 Å². The van der Waals surface area contributed by atoms with Crippen LogP contribution in [0.15, 0.2) is 54.7 Å². The number of aromatic hydroxyl groups is 1. The summed E-state index contributed by atoms with van der Waals surface area (Å²) in [6.45, 7) is 6.94. The number of phenols is 1. The van der Waals surface area contributed by atoms with Crippen LogP contribution >= 0.6 is 0 Å². The molecule has 1 aromatic heterocycles. The summed E-state index contributed by atoms with van der Waals surface area (Å²) < 4.78 is 19.2. The van der Waals surface area contributed by atoms with E-state index in [0.717, 1.165) is 48.6 Å². The first-order valence-corrected chi connectivity index (χ1v) is 10.8. The maximum Gasteiger partial charge on any atom is 0.254 e. The molecule has 2 aromatic carbocycles. The molecule has 2 atom stereocenters. The van der Waals surface area contributed by atoms with Crippen molar-refractivity contribution in [3.05, 3.63) is 71.7 Å².